The van der Waals surface area contributed by atoms with E-state index >= 15 is 0 Å². The van der Waals surface area contributed by atoms with Crippen molar-refractivity contribution in [3.63, 3.8) is 0 Å². The van der Waals surface area contributed by atoms with Crippen molar-refractivity contribution in [2.75, 3.05) is 0 Å². The van der Waals surface area contributed by atoms with Crippen molar-refractivity contribution in [3.8, 4) is 0 Å². The van der Waals surface area contributed by atoms with Gasteiger partial charge < -0.3 is 9.52 Å². The Bertz CT molecular complexity index is 264. The van der Waals surface area contributed by atoms with E-state index in [4.69, 9.17) is 21.1 Å². The van der Waals surface area contributed by atoms with Gasteiger partial charge in [0, 0.05) is 0 Å². The molecule has 0 bridgehead atoms. The van der Waals surface area contributed by atoms with Crippen LogP contribution < -0.4 is 0 Å². The van der Waals surface area contributed by atoms with Gasteiger partial charge >= 0.3 is 5.97 Å². The monoisotopic (exact) mass is 174 g/mol. The van der Waals surface area contributed by atoms with Crippen LogP contribution >= 0.6 is 11.6 Å². The third kappa shape index (κ3) is 1.74. The summed E-state index contributed by atoms with van der Waals surface area (Å²) in [6, 6.07) is 2.94. The van der Waals surface area contributed by atoms with Gasteiger partial charge in [-0.25, -0.2) is 4.79 Å². The third-order valence-electron chi connectivity index (χ3n) is 1.23. The molecule has 11 heavy (non-hydrogen) atoms. The summed E-state index contributed by atoms with van der Waals surface area (Å²) in [7, 11) is 0. The summed E-state index contributed by atoms with van der Waals surface area (Å²) >= 11 is 5.63. The molecular formula is C7H7ClO3. The lowest BCUT2D eigenvalue weighted by Crippen LogP contribution is -1.91. The van der Waals surface area contributed by atoms with Crippen LogP contribution in [0, 0.1) is 0 Å². The molecule has 0 aliphatic carbocycles. The van der Waals surface area contributed by atoms with E-state index in [1.807, 2.05) is 0 Å². The maximum atomic E-state index is 10.3. The van der Waals surface area contributed by atoms with E-state index in [9.17, 15) is 4.79 Å². The summed E-state index contributed by atoms with van der Waals surface area (Å²) in [5.41, 5.74) is 0. The SMILES string of the molecule is CC(Cl)c1ccc(C(=O)O)o1. The Balaban J connectivity index is 2.90. The van der Waals surface area contributed by atoms with E-state index in [0.29, 0.717) is 5.76 Å². The zero-order chi connectivity index (χ0) is 8.43. The Hall–Kier alpha value is -0.960. The minimum Gasteiger partial charge on any atom is -0.475 e. The minimum atomic E-state index is -1.08. The Kier molecular flexibility index (Phi) is 2.19. The predicted octanol–water partition coefficient (Wildman–Crippen LogP) is 2.28. The van der Waals surface area contributed by atoms with Crippen LogP contribution in [0.2, 0.25) is 0 Å². The van der Waals surface area contributed by atoms with Gasteiger partial charge in [0.05, 0.1) is 5.38 Å². The molecule has 0 saturated carbocycles. The zero-order valence-corrected chi connectivity index (χ0v) is 6.63. The zero-order valence-electron chi connectivity index (χ0n) is 5.87. The summed E-state index contributed by atoms with van der Waals surface area (Å²) in [4.78, 5) is 10.3. The standard InChI is InChI=1S/C7H7ClO3/c1-4(8)5-2-3-6(11-5)7(9)10/h2-4H,1H3,(H,9,10). The van der Waals surface area contributed by atoms with Crippen molar-refractivity contribution >= 4 is 17.6 Å². The van der Waals surface area contributed by atoms with Crippen molar-refractivity contribution in [2.24, 2.45) is 0 Å². The number of furan rings is 1. The molecule has 60 valence electrons. The first-order valence-corrected chi connectivity index (χ1v) is 3.52. The molecule has 0 radical (unpaired) electrons. The van der Waals surface area contributed by atoms with Crippen LogP contribution in [0.5, 0.6) is 0 Å². The van der Waals surface area contributed by atoms with Gasteiger partial charge in [-0.05, 0) is 19.1 Å². The second-order valence-corrected chi connectivity index (χ2v) is 2.78. The molecule has 3 nitrogen and oxygen atoms in total. The average molecular weight is 175 g/mol. The van der Waals surface area contributed by atoms with Crippen LogP contribution in [0.25, 0.3) is 0 Å². The molecule has 0 amide bonds. The van der Waals surface area contributed by atoms with E-state index in [-0.39, 0.29) is 11.1 Å². The number of carboxylic acids is 1. The summed E-state index contributed by atoms with van der Waals surface area (Å²) in [6.07, 6.45) is 0. The second-order valence-electron chi connectivity index (χ2n) is 2.12. The predicted molar refractivity (Wildman–Crippen MR) is 39.9 cm³/mol. The van der Waals surface area contributed by atoms with Gasteiger partial charge in [-0.3, -0.25) is 0 Å². The fraction of sp³-hybridized carbons (Fsp3) is 0.286. The smallest absolute Gasteiger partial charge is 0.371 e. The Morgan fingerprint density at radius 2 is 2.36 bits per heavy atom. The van der Waals surface area contributed by atoms with Gasteiger partial charge in [0.25, 0.3) is 0 Å². The van der Waals surface area contributed by atoms with E-state index in [0.717, 1.165) is 0 Å². The number of halogens is 1. The lowest BCUT2D eigenvalue weighted by atomic mass is 10.3. The van der Waals surface area contributed by atoms with E-state index in [1.165, 1.54) is 6.07 Å². The van der Waals surface area contributed by atoms with Crippen LogP contribution in [0.3, 0.4) is 0 Å². The number of alkyl halides is 1. The van der Waals surface area contributed by atoms with Crippen LogP contribution in [0.1, 0.15) is 28.6 Å². The summed E-state index contributed by atoms with van der Waals surface area (Å²) in [5, 5.41) is 8.15. The number of rotatable bonds is 2. The molecule has 0 aliphatic rings. The van der Waals surface area contributed by atoms with E-state index < -0.39 is 5.97 Å². The largest absolute Gasteiger partial charge is 0.475 e. The molecule has 1 N–H and O–H groups in total. The molecule has 1 aromatic rings. The molecule has 1 unspecified atom stereocenters. The second kappa shape index (κ2) is 2.96. The van der Waals surface area contributed by atoms with Gasteiger partial charge in [-0.2, -0.15) is 0 Å². The van der Waals surface area contributed by atoms with E-state index in [1.54, 1.807) is 13.0 Å². The fourth-order valence-corrected chi connectivity index (χ4v) is 0.799. The topological polar surface area (TPSA) is 50.4 Å². The normalized spacial score (nSPS) is 12.9. The number of carboxylic acid groups (broad SMARTS) is 1. The number of carbonyl (C=O) groups is 1. The summed E-state index contributed by atoms with van der Waals surface area (Å²) < 4.78 is 4.88. The lowest BCUT2D eigenvalue weighted by Gasteiger charge is -1.94. The lowest BCUT2D eigenvalue weighted by molar-refractivity contribution is 0.0660. The van der Waals surface area contributed by atoms with Crippen molar-refractivity contribution in [1.29, 1.82) is 0 Å². The Labute approximate surface area is 68.6 Å². The molecule has 1 rings (SSSR count). The van der Waals surface area contributed by atoms with Crippen molar-refractivity contribution in [1.82, 2.24) is 0 Å². The van der Waals surface area contributed by atoms with Crippen molar-refractivity contribution in [3.05, 3.63) is 23.7 Å². The molecule has 1 aromatic heterocycles. The molecule has 4 heteroatoms. The molecule has 0 aromatic carbocycles. The van der Waals surface area contributed by atoms with E-state index in [2.05, 4.69) is 0 Å². The maximum Gasteiger partial charge on any atom is 0.371 e. The first-order valence-electron chi connectivity index (χ1n) is 3.08. The van der Waals surface area contributed by atoms with Crippen LogP contribution in [-0.2, 0) is 0 Å². The maximum absolute atomic E-state index is 10.3. The van der Waals surface area contributed by atoms with Crippen LogP contribution in [-0.4, -0.2) is 11.1 Å². The summed E-state index contributed by atoms with van der Waals surface area (Å²) in [5.74, 6) is -0.676. The van der Waals surface area contributed by atoms with Crippen LogP contribution in [0.15, 0.2) is 16.5 Å². The van der Waals surface area contributed by atoms with Gasteiger partial charge in [-0.1, -0.05) is 0 Å². The number of hydrogen-bond acceptors (Lipinski definition) is 2. The number of hydrogen-bond donors (Lipinski definition) is 1. The molecule has 0 spiro atoms. The molecule has 0 fully saturated rings. The molecular weight excluding hydrogens is 168 g/mol. The first-order chi connectivity index (χ1) is 5.11. The molecule has 1 heterocycles. The highest BCUT2D eigenvalue weighted by molar-refractivity contribution is 6.20. The minimum absolute atomic E-state index is 0.0764. The molecule has 0 aliphatic heterocycles. The quantitative estimate of drug-likeness (QED) is 0.700. The van der Waals surface area contributed by atoms with Gasteiger partial charge in [0.15, 0.2) is 0 Å². The fourth-order valence-electron chi connectivity index (χ4n) is 0.682. The van der Waals surface area contributed by atoms with Crippen molar-refractivity contribution in [2.45, 2.75) is 12.3 Å². The van der Waals surface area contributed by atoms with Crippen LogP contribution in [0.4, 0.5) is 0 Å². The Morgan fingerprint density at radius 1 is 1.73 bits per heavy atom. The molecule has 0 saturated heterocycles. The van der Waals surface area contributed by atoms with Gasteiger partial charge in [-0.15, -0.1) is 11.6 Å². The van der Waals surface area contributed by atoms with Gasteiger partial charge in [0.1, 0.15) is 5.76 Å². The number of aromatic carboxylic acids is 1. The highest BCUT2D eigenvalue weighted by Gasteiger charge is 2.11. The summed E-state index contributed by atoms with van der Waals surface area (Å²) in [6.45, 7) is 1.71. The van der Waals surface area contributed by atoms with Gasteiger partial charge in [0.2, 0.25) is 5.76 Å². The average Bonchev–Trinajstić information content (AvgIpc) is 2.33. The first kappa shape index (κ1) is 8.14. The van der Waals surface area contributed by atoms with Crippen molar-refractivity contribution < 1.29 is 14.3 Å². The third-order valence-corrected chi connectivity index (χ3v) is 1.44. The molecule has 1 atom stereocenters. The Morgan fingerprint density at radius 3 is 2.64 bits per heavy atom. The highest BCUT2D eigenvalue weighted by atomic mass is 35.5. The highest BCUT2D eigenvalue weighted by Crippen LogP contribution is 2.21.